The highest BCUT2D eigenvalue weighted by Crippen LogP contribution is 2.20. The highest BCUT2D eigenvalue weighted by molar-refractivity contribution is 9.10. The molecule has 0 aliphatic heterocycles. The minimum Gasteiger partial charge on any atom is -0.486 e. The van der Waals surface area contributed by atoms with Gasteiger partial charge in [-0.15, -0.1) is 0 Å². The molecule has 0 saturated heterocycles. The van der Waals surface area contributed by atoms with Crippen LogP contribution in [0.3, 0.4) is 0 Å². The van der Waals surface area contributed by atoms with Crippen LogP contribution in [-0.4, -0.2) is 10.8 Å². The Kier molecular flexibility index (Phi) is 4.11. The third-order valence-electron chi connectivity index (χ3n) is 2.40. The van der Waals surface area contributed by atoms with E-state index in [2.05, 4.69) is 20.9 Å². The van der Waals surface area contributed by atoms with Crippen molar-refractivity contribution in [2.24, 2.45) is 5.73 Å². The smallest absolute Gasteiger partial charge is 0.165 e. The predicted molar refractivity (Wildman–Crippen MR) is 73.7 cm³/mol. The fourth-order valence-electron chi connectivity index (χ4n) is 1.48. The Morgan fingerprint density at radius 3 is 2.79 bits per heavy atom. The van der Waals surface area contributed by atoms with E-state index >= 15 is 0 Å². The fraction of sp³-hybridized carbons (Fsp3) is 0.0769. The Bertz CT molecular complexity index is 619. The molecule has 0 spiro atoms. The number of nitrogens with two attached hydrogens (primary N) is 1. The standard InChI is InChI=1S/C13H11BrFN3O/c14-10-3-8(5-18-6-10)7-19-12-2-1-9(13(16)17)4-11(12)15/h1-6H,7H2,(H3,16,17). The maximum Gasteiger partial charge on any atom is 0.165 e. The summed E-state index contributed by atoms with van der Waals surface area (Å²) < 4.78 is 19.9. The van der Waals surface area contributed by atoms with Gasteiger partial charge >= 0.3 is 0 Å². The van der Waals surface area contributed by atoms with Crippen molar-refractivity contribution in [3.8, 4) is 5.75 Å². The lowest BCUT2D eigenvalue weighted by Gasteiger charge is -2.08. The first-order valence-electron chi connectivity index (χ1n) is 5.42. The van der Waals surface area contributed by atoms with Crippen LogP contribution >= 0.6 is 15.9 Å². The molecule has 3 N–H and O–H groups in total. The average Bonchev–Trinajstić information content (AvgIpc) is 2.37. The average molecular weight is 324 g/mol. The summed E-state index contributed by atoms with van der Waals surface area (Å²) in [5, 5.41) is 7.22. The van der Waals surface area contributed by atoms with E-state index in [1.807, 2.05) is 6.07 Å². The summed E-state index contributed by atoms with van der Waals surface area (Å²) in [5.41, 5.74) is 6.43. The molecule has 19 heavy (non-hydrogen) atoms. The molecular formula is C13H11BrFN3O. The van der Waals surface area contributed by atoms with Crippen molar-refractivity contribution >= 4 is 21.8 Å². The molecular weight excluding hydrogens is 313 g/mol. The number of hydrogen-bond acceptors (Lipinski definition) is 3. The van der Waals surface area contributed by atoms with Gasteiger partial charge in [0.2, 0.25) is 0 Å². The lowest BCUT2D eigenvalue weighted by Crippen LogP contribution is -2.11. The van der Waals surface area contributed by atoms with E-state index in [9.17, 15) is 4.39 Å². The Hall–Kier alpha value is -1.95. The quantitative estimate of drug-likeness (QED) is 0.671. The fourth-order valence-corrected chi connectivity index (χ4v) is 1.89. The molecule has 2 rings (SSSR count). The molecule has 0 atom stereocenters. The maximum absolute atomic E-state index is 13.7. The summed E-state index contributed by atoms with van der Waals surface area (Å²) in [4.78, 5) is 3.99. The van der Waals surface area contributed by atoms with Crippen LogP contribution in [0.1, 0.15) is 11.1 Å². The van der Waals surface area contributed by atoms with Crippen molar-refractivity contribution in [1.82, 2.24) is 4.98 Å². The van der Waals surface area contributed by atoms with Gasteiger partial charge in [-0.05, 0) is 40.2 Å². The zero-order valence-corrected chi connectivity index (χ0v) is 11.4. The Morgan fingerprint density at radius 1 is 1.37 bits per heavy atom. The van der Waals surface area contributed by atoms with Gasteiger partial charge in [-0.25, -0.2) is 4.39 Å². The number of pyridine rings is 1. The zero-order valence-electron chi connectivity index (χ0n) is 9.86. The van der Waals surface area contributed by atoms with Crippen LogP contribution in [0.25, 0.3) is 0 Å². The van der Waals surface area contributed by atoms with Crippen LogP contribution in [0.15, 0.2) is 41.1 Å². The second-order valence-electron chi connectivity index (χ2n) is 3.86. The van der Waals surface area contributed by atoms with Crippen LogP contribution in [-0.2, 0) is 6.61 Å². The molecule has 0 aliphatic rings. The molecule has 0 amide bonds. The van der Waals surface area contributed by atoms with Crippen molar-refractivity contribution in [1.29, 1.82) is 5.41 Å². The number of benzene rings is 1. The Balaban J connectivity index is 2.10. The first kappa shape index (κ1) is 13.5. The number of nitrogens with zero attached hydrogens (tertiary/aromatic N) is 1. The van der Waals surface area contributed by atoms with Crippen LogP contribution in [0, 0.1) is 11.2 Å². The molecule has 6 heteroatoms. The van der Waals surface area contributed by atoms with Gasteiger partial charge < -0.3 is 10.5 Å². The van der Waals surface area contributed by atoms with Crippen LogP contribution in [0.5, 0.6) is 5.75 Å². The summed E-state index contributed by atoms with van der Waals surface area (Å²) in [6.07, 6.45) is 3.30. The number of nitrogens with one attached hydrogen (secondary N) is 1. The molecule has 4 nitrogen and oxygen atoms in total. The summed E-state index contributed by atoms with van der Waals surface area (Å²) in [6.45, 7) is 0.211. The van der Waals surface area contributed by atoms with Crippen molar-refractivity contribution < 1.29 is 9.13 Å². The van der Waals surface area contributed by atoms with E-state index in [0.29, 0.717) is 5.56 Å². The van der Waals surface area contributed by atoms with Crippen molar-refractivity contribution in [3.05, 3.63) is 58.1 Å². The van der Waals surface area contributed by atoms with E-state index in [1.54, 1.807) is 18.5 Å². The third kappa shape index (κ3) is 3.51. The van der Waals surface area contributed by atoms with E-state index in [-0.39, 0.29) is 18.2 Å². The topological polar surface area (TPSA) is 72.0 Å². The number of nitrogen functional groups attached to an aromatic ring is 1. The van der Waals surface area contributed by atoms with Crippen molar-refractivity contribution in [3.63, 3.8) is 0 Å². The molecule has 0 radical (unpaired) electrons. The SMILES string of the molecule is N=C(N)c1ccc(OCc2cncc(Br)c2)c(F)c1. The number of rotatable bonds is 4. The molecule has 98 valence electrons. The minimum atomic E-state index is -0.546. The molecule has 0 bridgehead atoms. The summed E-state index contributed by atoms with van der Waals surface area (Å²) in [7, 11) is 0. The number of hydrogen-bond donors (Lipinski definition) is 2. The van der Waals surface area contributed by atoms with Crippen molar-refractivity contribution in [2.45, 2.75) is 6.61 Å². The van der Waals surface area contributed by atoms with E-state index < -0.39 is 5.82 Å². The van der Waals surface area contributed by atoms with Gasteiger partial charge in [-0.2, -0.15) is 0 Å². The van der Waals surface area contributed by atoms with E-state index in [4.69, 9.17) is 15.9 Å². The number of halogens is 2. The molecule has 0 aliphatic carbocycles. The monoisotopic (exact) mass is 323 g/mol. The largest absolute Gasteiger partial charge is 0.486 e. The highest BCUT2D eigenvalue weighted by atomic mass is 79.9. The molecule has 1 aromatic carbocycles. The third-order valence-corrected chi connectivity index (χ3v) is 2.83. The highest BCUT2D eigenvalue weighted by Gasteiger charge is 2.07. The zero-order chi connectivity index (χ0) is 13.8. The molecule has 0 unspecified atom stereocenters. The normalized spacial score (nSPS) is 10.2. The summed E-state index contributed by atoms with van der Waals surface area (Å²) in [6, 6.07) is 6.02. The van der Waals surface area contributed by atoms with Gasteiger partial charge in [0, 0.05) is 28.0 Å². The summed E-state index contributed by atoms with van der Waals surface area (Å²) >= 11 is 3.30. The van der Waals surface area contributed by atoms with Gasteiger partial charge in [0.05, 0.1) is 0 Å². The lowest BCUT2D eigenvalue weighted by atomic mass is 10.2. The van der Waals surface area contributed by atoms with E-state index in [0.717, 1.165) is 10.0 Å². The molecule has 0 saturated carbocycles. The molecule has 1 aromatic heterocycles. The minimum absolute atomic E-state index is 0.116. The van der Waals surface area contributed by atoms with Gasteiger partial charge in [0.25, 0.3) is 0 Å². The molecule has 1 heterocycles. The number of aromatic nitrogens is 1. The van der Waals surface area contributed by atoms with Crippen LogP contribution in [0.4, 0.5) is 4.39 Å². The van der Waals surface area contributed by atoms with Gasteiger partial charge in [-0.3, -0.25) is 10.4 Å². The first-order chi connectivity index (χ1) is 9.06. The molecule has 2 aromatic rings. The maximum atomic E-state index is 13.7. The number of ether oxygens (including phenoxy) is 1. The number of amidine groups is 1. The Labute approximate surface area is 118 Å². The van der Waals surface area contributed by atoms with Crippen LogP contribution < -0.4 is 10.5 Å². The van der Waals surface area contributed by atoms with Crippen molar-refractivity contribution in [2.75, 3.05) is 0 Å². The lowest BCUT2D eigenvalue weighted by molar-refractivity contribution is 0.290. The molecule has 0 fully saturated rings. The van der Waals surface area contributed by atoms with E-state index in [1.165, 1.54) is 12.1 Å². The van der Waals surface area contributed by atoms with Crippen LogP contribution in [0.2, 0.25) is 0 Å². The Morgan fingerprint density at radius 2 is 2.16 bits per heavy atom. The second-order valence-corrected chi connectivity index (χ2v) is 4.77. The first-order valence-corrected chi connectivity index (χ1v) is 6.22. The second kappa shape index (κ2) is 5.79. The summed E-state index contributed by atoms with van der Waals surface area (Å²) in [5.74, 6) is -0.609. The van der Waals surface area contributed by atoms with Gasteiger partial charge in [-0.1, -0.05) is 0 Å². The predicted octanol–water partition coefficient (Wildman–Crippen LogP) is 2.85. The van der Waals surface area contributed by atoms with Gasteiger partial charge in [0.15, 0.2) is 11.6 Å². The van der Waals surface area contributed by atoms with Gasteiger partial charge in [0.1, 0.15) is 12.4 Å².